The van der Waals surface area contributed by atoms with Gasteiger partial charge in [-0.2, -0.15) is 0 Å². The molecule has 0 spiro atoms. The predicted molar refractivity (Wildman–Crippen MR) is 109 cm³/mol. The normalized spacial score (nSPS) is 18.4. The van der Waals surface area contributed by atoms with Gasteiger partial charge in [-0.15, -0.1) is 0 Å². The first-order valence-electron chi connectivity index (χ1n) is 10.4. The Morgan fingerprint density at radius 2 is 1.89 bits per heavy atom. The van der Waals surface area contributed by atoms with Crippen molar-refractivity contribution < 1.29 is 9.53 Å². The van der Waals surface area contributed by atoms with Crippen LogP contribution >= 0.6 is 0 Å². The summed E-state index contributed by atoms with van der Waals surface area (Å²) < 4.78 is 5.81. The number of likely N-dealkylation sites (tertiary alicyclic amines) is 2. The minimum atomic E-state index is 0.138. The highest BCUT2D eigenvalue weighted by Crippen LogP contribution is 2.22. The third-order valence-electron chi connectivity index (χ3n) is 5.87. The van der Waals surface area contributed by atoms with Gasteiger partial charge in [0.1, 0.15) is 12.4 Å². The molecular weight excluding hydrogens is 350 g/mol. The monoisotopic (exact) mass is 379 g/mol. The Labute approximate surface area is 167 Å². The molecule has 148 valence electrons. The lowest BCUT2D eigenvalue weighted by Gasteiger charge is -2.36. The van der Waals surface area contributed by atoms with Gasteiger partial charge in [0.05, 0.1) is 6.20 Å². The van der Waals surface area contributed by atoms with Crippen molar-refractivity contribution in [3.8, 4) is 5.75 Å². The summed E-state index contributed by atoms with van der Waals surface area (Å²) in [6.45, 7) is 6.57. The summed E-state index contributed by atoms with van der Waals surface area (Å²) in [7, 11) is 0. The molecule has 0 bridgehead atoms. The van der Waals surface area contributed by atoms with Gasteiger partial charge in [0.25, 0.3) is 5.91 Å². The number of carbonyl (C=O) groups is 1. The van der Waals surface area contributed by atoms with Crippen LogP contribution in [0, 0.1) is 6.92 Å². The van der Waals surface area contributed by atoms with E-state index >= 15 is 0 Å². The van der Waals surface area contributed by atoms with E-state index < -0.39 is 0 Å². The Kier molecular flexibility index (Phi) is 5.91. The van der Waals surface area contributed by atoms with Crippen molar-refractivity contribution in [1.29, 1.82) is 0 Å². The molecule has 0 aliphatic carbocycles. The van der Waals surface area contributed by atoms with Crippen molar-refractivity contribution >= 4 is 5.91 Å². The minimum Gasteiger partial charge on any atom is -0.487 e. The highest BCUT2D eigenvalue weighted by atomic mass is 16.5. The first-order valence-corrected chi connectivity index (χ1v) is 10.4. The minimum absolute atomic E-state index is 0.138. The average molecular weight is 380 g/mol. The lowest BCUT2D eigenvalue weighted by Crippen LogP contribution is -2.45. The Bertz CT molecular complexity index is 792. The van der Waals surface area contributed by atoms with E-state index in [4.69, 9.17) is 4.74 Å². The number of hydrogen-bond acceptors (Lipinski definition) is 4. The van der Waals surface area contributed by atoms with Gasteiger partial charge in [-0.1, -0.05) is 12.1 Å². The van der Waals surface area contributed by atoms with Crippen LogP contribution in [0.3, 0.4) is 0 Å². The molecule has 28 heavy (non-hydrogen) atoms. The molecule has 2 fully saturated rings. The summed E-state index contributed by atoms with van der Waals surface area (Å²) in [5.74, 6) is 0.880. The van der Waals surface area contributed by atoms with Crippen molar-refractivity contribution in [2.75, 3.05) is 26.2 Å². The molecule has 1 aromatic heterocycles. The van der Waals surface area contributed by atoms with Gasteiger partial charge in [-0.3, -0.25) is 9.78 Å². The highest BCUT2D eigenvalue weighted by Gasteiger charge is 2.28. The fourth-order valence-electron chi connectivity index (χ4n) is 4.22. The number of benzene rings is 1. The van der Waals surface area contributed by atoms with Crippen LogP contribution in [0.1, 0.15) is 47.3 Å². The number of amides is 1. The van der Waals surface area contributed by atoms with Crippen LogP contribution in [0.25, 0.3) is 0 Å². The first-order chi connectivity index (χ1) is 13.7. The summed E-state index contributed by atoms with van der Waals surface area (Å²) in [6, 6.07) is 12.3. The van der Waals surface area contributed by atoms with E-state index in [0.29, 0.717) is 12.6 Å². The molecular formula is C23H29N3O2. The topological polar surface area (TPSA) is 45.7 Å². The van der Waals surface area contributed by atoms with Crippen molar-refractivity contribution in [2.24, 2.45) is 0 Å². The van der Waals surface area contributed by atoms with E-state index in [2.05, 4.69) is 9.88 Å². The molecule has 0 N–H and O–H groups in total. The fraction of sp³-hybridized carbons (Fsp3) is 0.478. The molecule has 1 aromatic carbocycles. The third-order valence-corrected chi connectivity index (χ3v) is 5.87. The van der Waals surface area contributed by atoms with E-state index in [1.165, 1.54) is 25.9 Å². The van der Waals surface area contributed by atoms with Crippen LogP contribution < -0.4 is 4.74 Å². The SMILES string of the molecule is Cc1ccc(OCc2cccc(C(=O)N3CCC(N4CCCC4)CC3)c2)cn1. The van der Waals surface area contributed by atoms with Gasteiger partial charge in [0, 0.05) is 30.4 Å². The Balaban J connectivity index is 1.33. The van der Waals surface area contributed by atoms with E-state index in [0.717, 1.165) is 48.5 Å². The predicted octanol–water partition coefficient (Wildman–Crippen LogP) is 3.67. The third kappa shape index (κ3) is 4.53. The van der Waals surface area contributed by atoms with Gasteiger partial charge < -0.3 is 14.5 Å². The molecule has 1 amide bonds. The van der Waals surface area contributed by atoms with Crippen LogP contribution in [0.15, 0.2) is 42.6 Å². The molecule has 5 heteroatoms. The zero-order valence-corrected chi connectivity index (χ0v) is 16.6. The Hall–Kier alpha value is -2.40. The van der Waals surface area contributed by atoms with Crippen molar-refractivity contribution in [3.05, 3.63) is 59.4 Å². The van der Waals surface area contributed by atoms with Crippen LogP contribution in [0.4, 0.5) is 0 Å². The van der Waals surface area contributed by atoms with Gasteiger partial charge in [-0.25, -0.2) is 0 Å². The van der Waals surface area contributed by atoms with Gasteiger partial charge in [-0.05, 0) is 75.5 Å². The summed E-state index contributed by atoms with van der Waals surface area (Å²) in [4.78, 5) is 21.8. The summed E-state index contributed by atoms with van der Waals surface area (Å²) in [6.07, 6.45) is 6.57. The number of pyridine rings is 1. The Morgan fingerprint density at radius 3 is 2.61 bits per heavy atom. The van der Waals surface area contributed by atoms with Crippen LogP contribution in [0.2, 0.25) is 0 Å². The Morgan fingerprint density at radius 1 is 1.11 bits per heavy atom. The molecule has 3 heterocycles. The van der Waals surface area contributed by atoms with Gasteiger partial charge in [0.15, 0.2) is 0 Å². The van der Waals surface area contributed by atoms with Crippen LogP contribution in [-0.2, 0) is 6.61 Å². The quantitative estimate of drug-likeness (QED) is 0.795. The maximum Gasteiger partial charge on any atom is 0.253 e. The molecule has 4 rings (SSSR count). The second-order valence-corrected chi connectivity index (χ2v) is 7.89. The number of aromatic nitrogens is 1. The number of carbonyl (C=O) groups excluding carboxylic acids is 1. The summed E-state index contributed by atoms with van der Waals surface area (Å²) in [5.41, 5.74) is 2.72. The highest BCUT2D eigenvalue weighted by molar-refractivity contribution is 5.94. The van der Waals surface area contributed by atoms with Crippen LogP contribution in [0.5, 0.6) is 5.75 Å². The van der Waals surface area contributed by atoms with Gasteiger partial charge in [0.2, 0.25) is 0 Å². The fourth-order valence-corrected chi connectivity index (χ4v) is 4.22. The number of piperidine rings is 1. The lowest BCUT2D eigenvalue weighted by atomic mass is 10.0. The molecule has 0 atom stereocenters. The maximum absolute atomic E-state index is 13.0. The van der Waals surface area contributed by atoms with E-state index in [9.17, 15) is 4.79 Å². The van der Waals surface area contributed by atoms with E-state index in [-0.39, 0.29) is 5.91 Å². The van der Waals surface area contributed by atoms with Crippen LogP contribution in [-0.4, -0.2) is 52.9 Å². The molecule has 5 nitrogen and oxygen atoms in total. The molecule has 2 saturated heterocycles. The molecule has 0 saturated carbocycles. The molecule has 0 unspecified atom stereocenters. The second kappa shape index (κ2) is 8.74. The van der Waals surface area contributed by atoms with Crippen molar-refractivity contribution in [3.63, 3.8) is 0 Å². The number of ether oxygens (including phenoxy) is 1. The average Bonchev–Trinajstić information content (AvgIpc) is 3.28. The molecule has 2 aliphatic heterocycles. The largest absolute Gasteiger partial charge is 0.487 e. The smallest absolute Gasteiger partial charge is 0.253 e. The number of rotatable bonds is 5. The maximum atomic E-state index is 13.0. The molecule has 2 aliphatic rings. The number of hydrogen-bond donors (Lipinski definition) is 0. The van der Waals surface area contributed by atoms with E-state index in [1.807, 2.05) is 48.2 Å². The van der Waals surface area contributed by atoms with Gasteiger partial charge >= 0.3 is 0 Å². The molecule has 0 radical (unpaired) electrons. The standard InChI is InChI=1S/C23H29N3O2/c1-18-7-8-22(16-24-18)28-17-19-5-4-6-20(15-19)23(27)26-13-9-21(10-14-26)25-11-2-3-12-25/h4-8,15-16,21H,2-3,9-14,17H2,1H3. The second-order valence-electron chi connectivity index (χ2n) is 7.89. The first kappa shape index (κ1) is 18.9. The van der Waals surface area contributed by atoms with Crippen molar-refractivity contribution in [2.45, 2.75) is 45.3 Å². The number of aryl methyl sites for hydroxylation is 1. The summed E-state index contributed by atoms with van der Waals surface area (Å²) in [5, 5.41) is 0. The zero-order valence-electron chi connectivity index (χ0n) is 16.6. The van der Waals surface area contributed by atoms with E-state index in [1.54, 1.807) is 6.20 Å². The lowest BCUT2D eigenvalue weighted by molar-refractivity contribution is 0.0644. The number of nitrogens with zero attached hydrogens (tertiary/aromatic N) is 3. The zero-order chi connectivity index (χ0) is 19.3. The molecule has 2 aromatic rings. The summed E-state index contributed by atoms with van der Waals surface area (Å²) >= 11 is 0. The van der Waals surface area contributed by atoms with Crippen molar-refractivity contribution in [1.82, 2.24) is 14.8 Å².